The lowest BCUT2D eigenvalue weighted by Crippen LogP contribution is -2.42. The molecular weight excluding hydrogens is 228 g/mol. The van der Waals surface area contributed by atoms with Crippen molar-refractivity contribution in [3.8, 4) is 0 Å². The first-order valence-corrected chi connectivity index (χ1v) is 7.32. The number of morpholine rings is 1. The van der Waals surface area contributed by atoms with Crippen LogP contribution in [0.2, 0.25) is 0 Å². The molecule has 0 aromatic rings. The van der Waals surface area contributed by atoms with E-state index in [0.717, 1.165) is 32.2 Å². The summed E-state index contributed by atoms with van der Waals surface area (Å²) < 4.78 is 5.58. The summed E-state index contributed by atoms with van der Waals surface area (Å²) in [5, 5.41) is 3.26. The Morgan fingerprint density at radius 3 is 2.78 bits per heavy atom. The lowest BCUT2D eigenvalue weighted by molar-refractivity contribution is -0.134. The standard InChI is InChI=1S/C14H26N2O2/c1-16(11-12-5-3-2-4-6-12)14(17)9-13-10-15-7-8-18-13/h12-13,15H,2-11H2,1H3. The smallest absolute Gasteiger partial charge is 0.224 e. The van der Waals surface area contributed by atoms with Crippen LogP contribution in [0.4, 0.5) is 0 Å². The Morgan fingerprint density at radius 1 is 1.33 bits per heavy atom. The minimum Gasteiger partial charge on any atom is -0.375 e. The van der Waals surface area contributed by atoms with Gasteiger partial charge in [-0.05, 0) is 18.8 Å². The summed E-state index contributed by atoms with van der Waals surface area (Å²) in [4.78, 5) is 14.0. The van der Waals surface area contributed by atoms with E-state index in [1.165, 1.54) is 32.1 Å². The van der Waals surface area contributed by atoms with Gasteiger partial charge in [-0.2, -0.15) is 0 Å². The van der Waals surface area contributed by atoms with Crippen molar-refractivity contribution in [1.82, 2.24) is 10.2 Å². The molecule has 0 bridgehead atoms. The molecule has 2 fully saturated rings. The predicted molar refractivity (Wildman–Crippen MR) is 71.4 cm³/mol. The van der Waals surface area contributed by atoms with Crippen LogP contribution in [-0.4, -0.2) is 50.2 Å². The molecule has 1 unspecified atom stereocenters. The summed E-state index contributed by atoms with van der Waals surface area (Å²) in [5.41, 5.74) is 0. The molecule has 1 heterocycles. The number of carbonyl (C=O) groups is 1. The molecule has 1 atom stereocenters. The molecular formula is C14H26N2O2. The van der Waals surface area contributed by atoms with Crippen molar-refractivity contribution in [2.24, 2.45) is 5.92 Å². The van der Waals surface area contributed by atoms with Gasteiger partial charge in [-0.1, -0.05) is 19.3 Å². The third kappa shape index (κ3) is 4.25. The van der Waals surface area contributed by atoms with Crippen LogP contribution in [0.25, 0.3) is 0 Å². The molecule has 0 radical (unpaired) electrons. The number of amides is 1. The quantitative estimate of drug-likeness (QED) is 0.824. The van der Waals surface area contributed by atoms with Crippen molar-refractivity contribution in [2.75, 3.05) is 33.3 Å². The zero-order valence-electron chi connectivity index (χ0n) is 11.5. The summed E-state index contributed by atoms with van der Waals surface area (Å²) in [6.07, 6.45) is 7.22. The lowest BCUT2D eigenvalue weighted by Gasteiger charge is -2.29. The van der Waals surface area contributed by atoms with Gasteiger partial charge < -0.3 is 15.0 Å². The summed E-state index contributed by atoms with van der Waals surface area (Å²) in [7, 11) is 1.94. The highest BCUT2D eigenvalue weighted by molar-refractivity contribution is 5.76. The number of nitrogens with one attached hydrogen (secondary N) is 1. The molecule has 1 aliphatic carbocycles. The van der Waals surface area contributed by atoms with Gasteiger partial charge in [0.1, 0.15) is 0 Å². The Morgan fingerprint density at radius 2 is 2.11 bits per heavy atom. The van der Waals surface area contributed by atoms with Crippen LogP contribution in [0.3, 0.4) is 0 Å². The van der Waals surface area contributed by atoms with Gasteiger partial charge in [0.15, 0.2) is 0 Å². The number of hydrogen-bond donors (Lipinski definition) is 1. The topological polar surface area (TPSA) is 41.6 Å². The largest absolute Gasteiger partial charge is 0.375 e. The van der Waals surface area contributed by atoms with Crippen molar-refractivity contribution < 1.29 is 9.53 Å². The number of ether oxygens (including phenoxy) is 1. The van der Waals surface area contributed by atoms with Crippen LogP contribution in [0.5, 0.6) is 0 Å². The van der Waals surface area contributed by atoms with Crippen molar-refractivity contribution in [2.45, 2.75) is 44.6 Å². The molecule has 2 rings (SSSR count). The molecule has 1 saturated heterocycles. The van der Waals surface area contributed by atoms with Crippen LogP contribution < -0.4 is 5.32 Å². The van der Waals surface area contributed by atoms with Crippen LogP contribution in [0.1, 0.15) is 38.5 Å². The summed E-state index contributed by atoms with van der Waals surface area (Å²) in [6, 6.07) is 0. The second-order valence-electron chi connectivity index (χ2n) is 5.68. The average molecular weight is 254 g/mol. The Kier molecular flexibility index (Phi) is 5.45. The molecule has 18 heavy (non-hydrogen) atoms. The van der Waals surface area contributed by atoms with Gasteiger partial charge in [0.2, 0.25) is 5.91 Å². The van der Waals surface area contributed by atoms with Gasteiger partial charge in [0.25, 0.3) is 0 Å². The zero-order chi connectivity index (χ0) is 12.8. The molecule has 0 aromatic heterocycles. The van der Waals surface area contributed by atoms with E-state index in [1.54, 1.807) is 0 Å². The summed E-state index contributed by atoms with van der Waals surface area (Å²) in [5.74, 6) is 0.951. The Labute approximate surface area is 110 Å². The second-order valence-corrected chi connectivity index (χ2v) is 5.68. The van der Waals surface area contributed by atoms with E-state index in [2.05, 4.69) is 5.32 Å². The molecule has 4 heteroatoms. The number of rotatable bonds is 4. The average Bonchev–Trinajstić information content (AvgIpc) is 2.41. The summed E-state index contributed by atoms with van der Waals surface area (Å²) >= 11 is 0. The summed E-state index contributed by atoms with van der Waals surface area (Å²) in [6.45, 7) is 3.37. The molecule has 1 amide bonds. The fraction of sp³-hybridized carbons (Fsp3) is 0.929. The predicted octanol–water partition coefficient (Wildman–Crippen LogP) is 1.40. The maximum Gasteiger partial charge on any atom is 0.224 e. The third-order valence-electron chi connectivity index (χ3n) is 4.09. The SMILES string of the molecule is CN(CC1CCCCC1)C(=O)CC1CNCCO1. The van der Waals surface area contributed by atoms with Crippen LogP contribution in [0, 0.1) is 5.92 Å². The first-order chi connectivity index (χ1) is 8.75. The normalized spacial score (nSPS) is 25.9. The third-order valence-corrected chi connectivity index (χ3v) is 4.09. The van der Waals surface area contributed by atoms with Gasteiger partial charge in [0, 0.05) is 26.7 Å². The van der Waals surface area contributed by atoms with Gasteiger partial charge >= 0.3 is 0 Å². The number of nitrogens with zero attached hydrogens (tertiary/aromatic N) is 1. The maximum atomic E-state index is 12.1. The van der Waals surface area contributed by atoms with Gasteiger partial charge in [0.05, 0.1) is 19.1 Å². The van der Waals surface area contributed by atoms with E-state index < -0.39 is 0 Å². The molecule has 2 aliphatic rings. The Balaban J connectivity index is 1.69. The van der Waals surface area contributed by atoms with Crippen LogP contribution in [0.15, 0.2) is 0 Å². The van der Waals surface area contributed by atoms with E-state index in [0.29, 0.717) is 6.42 Å². The van der Waals surface area contributed by atoms with Crippen molar-refractivity contribution in [3.63, 3.8) is 0 Å². The Bertz CT molecular complexity index is 259. The van der Waals surface area contributed by atoms with Gasteiger partial charge in [-0.25, -0.2) is 0 Å². The number of carbonyl (C=O) groups excluding carboxylic acids is 1. The van der Waals surface area contributed by atoms with E-state index in [4.69, 9.17) is 4.74 Å². The minimum absolute atomic E-state index is 0.0695. The van der Waals surface area contributed by atoms with Crippen molar-refractivity contribution >= 4 is 5.91 Å². The maximum absolute atomic E-state index is 12.1. The fourth-order valence-electron chi connectivity index (χ4n) is 2.96. The highest BCUT2D eigenvalue weighted by atomic mass is 16.5. The molecule has 1 N–H and O–H groups in total. The second kappa shape index (κ2) is 7.10. The monoisotopic (exact) mass is 254 g/mol. The number of hydrogen-bond acceptors (Lipinski definition) is 3. The van der Waals surface area contributed by atoms with Gasteiger partial charge in [-0.3, -0.25) is 4.79 Å². The first-order valence-electron chi connectivity index (χ1n) is 7.32. The van der Waals surface area contributed by atoms with Crippen LogP contribution in [-0.2, 0) is 9.53 Å². The van der Waals surface area contributed by atoms with E-state index in [9.17, 15) is 4.79 Å². The highest BCUT2D eigenvalue weighted by Gasteiger charge is 2.22. The lowest BCUT2D eigenvalue weighted by atomic mass is 9.89. The van der Waals surface area contributed by atoms with Gasteiger partial charge in [-0.15, -0.1) is 0 Å². The van der Waals surface area contributed by atoms with Crippen molar-refractivity contribution in [1.29, 1.82) is 0 Å². The van der Waals surface area contributed by atoms with E-state index >= 15 is 0 Å². The Hall–Kier alpha value is -0.610. The molecule has 104 valence electrons. The van der Waals surface area contributed by atoms with E-state index in [1.807, 2.05) is 11.9 Å². The minimum atomic E-state index is 0.0695. The highest BCUT2D eigenvalue weighted by Crippen LogP contribution is 2.24. The molecule has 4 nitrogen and oxygen atoms in total. The molecule has 0 aromatic carbocycles. The fourth-order valence-corrected chi connectivity index (χ4v) is 2.96. The molecule has 0 spiro atoms. The zero-order valence-corrected chi connectivity index (χ0v) is 11.5. The van der Waals surface area contributed by atoms with E-state index in [-0.39, 0.29) is 12.0 Å². The first kappa shape index (κ1) is 13.8. The molecule has 1 aliphatic heterocycles. The van der Waals surface area contributed by atoms with Crippen molar-refractivity contribution in [3.05, 3.63) is 0 Å². The van der Waals surface area contributed by atoms with Crippen LogP contribution >= 0.6 is 0 Å². The molecule has 1 saturated carbocycles.